The molecule has 0 saturated carbocycles. The maximum absolute atomic E-state index is 4.88. The molecule has 1 aliphatic heterocycles. The Labute approximate surface area is 165 Å². The normalized spacial score (nSPS) is 16.9. The van der Waals surface area contributed by atoms with Crippen molar-refractivity contribution in [3.05, 3.63) is 48.3 Å². The van der Waals surface area contributed by atoms with Gasteiger partial charge in [-0.2, -0.15) is 0 Å². The standard InChI is InChI=1S/C21H27N7/c1-4-16-12-19(25-20(24-16)17-8-5-6-10-22-17)28-11-7-9-18(28)21-26-23-14-27(21)13-15(2)3/h5-6,8,10,12,14-15,18H,4,7,9,11,13H2,1-3H3. The van der Waals surface area contributed by atoms with Crippen LogP contribution in [-0.4, -0.2) is 36.3 Å². The van der Waals surface area contributed by atoms with Gasteiger partial charge >= 0.3 is 0 Å². The van der Waals surface area contributed by atoms with Gasteiger partial charge in [-0.15, -0.1) is 10.2 Å². The van der Waals surface area contributed by atoms with E-state index < -0.39 is 0 Å². The minimum absolute atomic E-state index is 0.192. The number of anilines is 1. The number of aryl methyl sites for hydroxylation is 1. The van der Waals surface area contributed by atoms with Gasteiger partial charge in [-0.3, -0.25) is 4.98 Å². The van der Waals surface area contributed by atoms with Crippen molar-refractivity contribution in [1.29, 1.82) is 0 Å². The molecule has 4 heterocycles. The third kappa shape index (κ3) is 3.74. The van der Waals surface area contributed by atoms with Gasteiger partial charge in [0, 0.05) is 31.0 Å². The van der Waals surface area contributed by atoms with E-state index in [1.165, 1.54) is 0 Å². The Morgan fingerprint density at radius 2 is 2.11 bits per heavy atom. The summed E-state index contributed by atoms with van der Waals surface area (Å²) in [6.07, 6.45) is 6.66. The van der Waals surface area contributed by atoms with Gasteiger partial charge in [-0.05, 0) is 37.3 Å². The summed E-state index contributed by atoms with van der Waals surface area (Å²) >= 11 is 0. The molecule has 3 aromatic rings. The Morgan fingerprint density at radius 3 is 2.86 bits per heavy atom. The lowest BCUT2D eigenvalue weighted by Crippen LogP contribution is -2.27. The van der Waals surface area contributed by atoms with E-state index >= 15 is 0 Å². The number of rotatable bonds is 6. The van der Waals surface area contributed by atoms with E-state index in [1.54, 1.807) is 6.20 Å². The first-order valence-corrected chi connectivity index (χ1v) is 10.1. The third-order valence-corrected chi connectivity index (χ3v) is 5.07. The maximum atomic E-state index is 4.88. The summed E-state index contributed by atoms with van der Waals surface area (Å²) in [6.45, 7) is 8.44. The largest absolute Gasteiger partial charge is 0.346 e. The van der Waals surface area contributed by atoms with Gasteiger partial charge in [-0.25, -0.2) is 9.97 Å². The van der Waals surface area contributed by atoms with Crippen LogP contribution in [-0.2, 0) is 13.0 Å². The number of hydrogen-bond donors (Lipinski definition) is 0. The van der Waals surface area contributed by atoms with Crippen LogP contribution in [0.5, 0.6) is 0 Å². The van der Waals surface area contributed by atoms with Gasteiger partial charge < -0.3 is 9.47 Å². The Kier molecular flexibility index (Phi) is 5.32. The summed E-state index contributed by atoms with van der Waals surface area (Å²) in [7, 11) is 0. The zero-order valence-corrected chi connectivity index (χ0v) is 16.8. The van der Waals surface area contributed by atoms with Crippen molar-refractivity contribution in [1.82, 2.24) is 29.7 Å². The minimum Gasteiger partial charge on any atom is -0.346 e. The fourth-order valence-electron chi connectivity index (χ4n) is 3.79. The van der Waals surface area contributed by atoms with Crippen LogP contribution in [0.1, 0.15) is 51.2 Å². The second kappa shape index (κ2) is 8.04. The monoisotopic (exact) mass is 377 g/mol. The first-order chi connectivity index (χ1) is 13.7. The third-order valence-electron chi connectivity index (χ3n) is 5.07. The van der Waals surface area contributed by atoms with Crippen LogP contribution in [0.3, 0.4) is 0 Å². The Morgan fingerprint density at radius 1 is 1.21 bits per heavy atom. The second-order valence-corrected chi connectivity index (χ2v) is 7.70. The molecule has 0 bridgehead atoms. The molecule has 4 rings (SSSR count). The van der Waals surface area contributed by atoms with Crippen molar-refractivity contribution in [3.63, 3.8) is 0 Å². The van der Waals surface area contributed by atoms with E-state index in [1.807, 2.05) is 24.5 Å². The average molecular weight is 377 g/mol. The molecule has 1 atom stereocenters. The molecule has 1 aliphatic rings. The van der Waals surface area contributed by atoms with Gasteiger partial charge in [-0.1, -0.05) is 26.8 Å². The van der Waals surface area contributed by atoms with Gasteiger partial charge in [0.15, 0.2) is 11.6 Å². The first-order valence-electron chi connectivity index (χ1n) is 10.1. The summed E-state index contributed by atoms with van der Waals surface area (Å²) in [5.41, 5.74) is 1.83. The molecule has 146 valence electrons. The smallest absolute Gasteiger partial charge is 0.180 e. The molecule has 7 nitrogen and oxygen atoms in total. The lowest BCUT2D eigenvalue weighted by molar-refractivity contribution is 0.487. The van der Waals surface area contributed by atoms with Crippen molar-refractivity contribution in [2.45, 2.75) is 52.6 Å². The number of hydrogen-bond acceptors (Lipinski definition) is 6. The van der Waals surface area contributed by atoms with E-state index in [4.69, 9.17) is 9.97 Å². The fourth-order valence-corrected chi connectivity index (χ4v) is 3.79. The van der Waals surface area contributed by atoms with E-state index in [0.717, 1.165) is 55.4 Å². The van der Waals surface area contributed by atoms with Gasteiger partial charge in [0.1, 0.15) is 17.8 Å². The lowest BCUT2D eigenvalue weighted by atomic mass is 10.1. The highest BCUT2D eigenvalue weighted by Gasteiger charge is 2.31. The average Bonchev–Trinajstić information content (AvgIpc) is 3.37. The molecule has 0 aliphatic carbocycles. The highest BCUT2D eigenvalue weighted by atomic mass is 15.3. The number of pyridine rings is 1. The molecule has 1 saturated heterocycles. The van der Waals surface area contributed by atoms with E-state index in [2.05, 4.69) is 51.5 Å². The Bertz CT molecular complexity index is 920. The van der Waals surface area contributed by atoms with Gasteiger partial charge in [0.2, 0.25) is 0 Å². The van der Waals surface area contributed by atoms with Crippen molar-refractivity contribution in [3.8, 4) is 11.5 Å². The zero-order chi connectivity index (χ0) is 19.5. The molecule has 1 fully saturated rings. The molecular formula is C21H27N7. The van der Waals surface area contributed by atoms with Crippen LogP contribution in [0.25, 0.3) is 11.5 Å². The summed E-state index contributed by atoms with van der Waals surface area (Å²) in [5, 5.41) is 8.66. The number of nitrogens with zero attached hydrogens (tertiary/aromatic N) is 7. The second-order valence-electron chi connectivity index (χ2n) is 7.70. The van der Waals surface area contributed by atoms with E-state index in [-0.39, 0.29) is 6.04 Å². The fraction of sp³-hybridized carbons (Fsp3) is 0.476. The van der Waals surface area contributed by atoms with Crippen LogP contribution >= 0.6 is 0 Å². The van der Waals surface area contributed by atoms with Crippen molar-refractivity contribution < 1.29 is 0 Å². The highest BCUT2D eigenvalue weighted by molar-refractivity contribution is 5.54. The van der Waals surface area contributed by atoms with Gasteiger partial charge in [0.05, 0.1) is 6.04 Å². The Hall–Kier alpha value is -2.83. The molecule has 0 radical (unpaired) electrons. The maximum Gasteiger partial charge on any atom is 0.180 e. The molecule has 3 aromatic heterocycles. The quantitative estimate of drug-likeness (QED) is 0.652. The van der Waals surface area contributed by atoms with Crippen LogP contribution in [0.15, 0.2) is 36.8 Å². The molecule has 0 aromatic carbocycles. The molecule has 7 heteroatoms. The van der Waals surface area contributed by atoms with Crippen molar-refractivity contribution >= 4 is 5.82 Å². The van der Waals surface area contributed by atoms with Crippen LogP contribution in [0.2, 0.25) is 0 Å². The summed E-state index contributed by atoms with van der Waals surface area (Å²) < 4.78 is 2.19. The van der Waals surface area contributed by atoms with Crippen LogP contribution in [0.4, 0.5) is 5.82 Å². The first kappa shape index (κ1) is 18.5. The molecule has 0 spiro atoms. The van der Waals surface area contributed by atoms with Crippen molar-refractivity contribution in [2.24, 2.45) is 5.92 Å². The zero-order valence-electron chi connectivity index (χ0n) is 16.8. The predicted molar refractivity (Wildman–Crippen MR) is 109 cm³/mol. The van der Waals surface area contributed by atoms with Crippen LogP contribution < -0.4 is 4.90 Å². The van der Waals surface area contributed by atoms with E-state index in [9.17, 15) is 0 Å². The summed E-state index contributed by atoms with van der Waals surface area (Å²) in [5.74, 6) is 3.21. The Balaban J connectivity index is 1.71. The molecule has 0 amide bonds. The van der Waals surface area contributed by atoms with E-state index in [0.29, 0.717) is 11.7 Å². The summed E-state index contributed by atoms with van der Waals surface area (Å²) in [4.78, 5) is 16.4. The molecule has 0 N–H and O–H groups in total. The topological polar surface area (TPSA) is 72.6 Å². The lowest BCUT2D eigenvalue weighted by Gasteiger charge is -2.26. The van der Waals surface area contributed by atoms with Gasteiger partial charge in [0.25, 0.3) is 0 Å². The predicted octanol–water partition coefficient (Wildman–Crippen LogP) is 3.69. The highest BCUT2D eigenvalue weighted by Crippen LogP contribution is 2.35. The molecule has 28 heavy (non-hydrogen) atoms. The SMILES string of the molecule is CCc1cc(N2CCCC2c2nncn2CC(C)C)nc(-c2ccccn2)n1. The molecule has 1 unspecified atom stereocenters. The summed E-state index contributed by atoms with van der Waals surface area (Å²) in [6, 6.07) is 8.13. The molecular weight excluding hydrogens is 350 g/mol. The van der Waals surface area contributed by atoms with Crippen molar-refractivity contribution in [2.75, 3.05) is 11.4 Å². The number of aromatic nitrogens is 6. The minimum atomic E-state index is 0.192. The van der Waals surface area contributed by atoms with Crippen LogP contribution in [0, 0.1) is 5.92 Å².